The minimum Gasteiger partial charge on any atom is -0.484 e. The van der Waals surface area contributed by atoms with Crippen LogP contribution in [0.1, 0.15) is 23.4 Å². The summed E-state index contributed by atoms with van der Waals surface area (Å²) in [6.07, 6.45) is 2.20. The Morgan fingerprint density at radius 1 is 1.06 bits per heavy atom. The van der Waals surface area contributed by atoms with E-state index in [-0.39, 0.29) is 18.4 Å². The predicted molar refractivity (Wildman–Crippen MR) is 131 cm³/mol. The van der Waals surface area contributed by atoms with E-state index in [1.54, 1.807) is 28.4 Å². The number of rotatable bonds is 7. The number of para-hydroxylation sites is 1. The highest BCUT2D eigenvalue weighted by atomic mass is 32.1. The van der Waals surface area contributed by atoms with Crippen LogP contribution in [0.4, 0.5) is 11.4 Å². The van der Waals surface area contributed by atoms with E-state index in [1.165, 1.54) is 4.70 Å². The molecule has 0 unspecified atom stereocenters. The fourth-order valence-electron chi connectivity index (χ4n) is 3.88. The molecule has 0 atom stereocenters. The van der Waals surface area contributed by atoms with Crippen molar-refractivity contribution in [1.82, 2.24) is 4.98 Å². The number of nitrogens with zero attached hydrogens (tertiary/aromatic N) is 2. The van der Waals surface area contributed by atoms with Gasteiger partial charge >= 0.3 is 0 Å². The largest absolute Gasteiger partial charge is 0.484 e. The SMILES string of the molecule is O=C(COc1cccc(N2CCCC2=O)c1)Nc1ccc(Cc2nc3ccccc3s2)cc1. The maximum Gasteiger partial charge on any atom is 0.262 e. The van der Waals surface area contributed by atoms with Crippen LogP contribution in [0.2, 0.25) is 0 Å². The quantitative estimate of drug-likeness (QED) is 0.422. The number of amides is 2. The molecule has 0 radical (unpaired) electrons. The minimum absolute atomic E-state index is 0.106. The molecule has 4 aromatic rings. The fourth-order valence-corrected chi connectivity index (χ4v) is 4.89. The van der Waals surface area contributed by atoms with Gasteiger partial charge in [0.1, 0.15) is 5.75 Å². The Morgan fingerprint density at radius 2 is 1.91 bits per heavy atom. The normalized spacial score (nSPS) is 13.5. The fraction of sp³-hybridized carbons (Fsp3) is 0.192. The molecule has 1 aliphatic rings. The summed E-state index contributed by atoms with van der Waals surface area (Å²) in [6, 6.07) is 23.2. The van der Waals surface area contributed by atoms with E-state index in [0.29, 0.717) is 17.9 Å². The van der Waals surface area contributed by atoms with Gasteiger partial charge in [0.25, 0.3) is 5.91 Å². The first-order valence-electron chi connectivity index (χ1n) is 10.9. The molecule has 1 N–H and O–H groups in total. The summed E-state index contributed by atoms with van der Waals surface area (Å²) in [5, 5.41) is 3.93. The molecular formula is C26H23N3O3S. The molecule has 166 valence electrons. The van der Waals surface area contributed by atoms with Crippen LogP contribution in [-0.2, 0) is 16.0 Å². The lowest BCUT2D eigenvalue weighted by molar-refractivity contribution is -0.118. The lowest BCUT2D eigenvalue weighted by Crippen LogP contribution is -2.24. The first-order valence-corrected chi connectivity index (χ1v) is 11.7. The summed E-state index contributed by atoms with van der Waals surface area (Å²) in [5.41, 5.74) is 3.68. The van der Waals surface area contributed by atoms with Gasteiger partial charge in [0, 0.05) is 36.8 Å². The van der Waals surface area contributed by atoms with Crippen molar-refractivity contribution in [3.8, 4) is 5.75 Å². The van der Waals surface area contributed by atoms with Gasteiger partial charge in [-0.2, -0.15) is 0 Å². The van der Waals surface area contributed by atoms with Crippen LogP contribution >= 0.6 is 11.3 Å². The number of benzene rings is 3. The Labute approximate surface area is 195 Å². The van der Waals surface area contributed by atoms with Gasteiger partial charge in [-0.25, -0.2) is 4.98 Å². The molecule has 33 heavy (non-hydrogen) atoms. The lowest BCUT2D eigenvalue weighted by Gasteiger charge is -2.16. The molecule has 2 heterocycles. The maximum atomic E-state index is 12.3. The standard InChI is InChI=1S/C26H23N3O3S/c30-24(17-32-21-6-3-5-20(16-21)29-14-4-9-26(29)31)27-19-12-10-18(11-13-19)15-25-28-22-7-1-2-8-23(22)33-25/h1-3,5-8,10-13,16H,4,9,14-15,17H2,(H,27,30). The molecule has 1 aromatic heterocycles. The molecule has 0 spiro atoms. The van der Waals surface area contributed by atoms with Gasteiger partial charge in [-0.15, -0.1) is 11.3 Å². The topological polar surface area (TPSA) is 71.5 Å². The van der Waals surface area contributed by atoms with Gasteiger partial charge < -0.3 is 15.0 Å². The van der Waals surface area contributed by atoms with Crippen LogP contribution in [0.15, 0.2) is 72.8 Å². The molecule has 5 rings (SSSR count). The van der Waals surface area contributed by atoms with Gasteiger partial charge in [0.05, 0.1) is 15.2 Å². The van der Waals surface area contributed by atoms with Crippen LogP contribution in [0.5, 0.6) is 5.75 Å². The van der Waals surface area contributed by atoms with E-state index in [1.807, 2.05) is 54.6 Å². The average molecular weight is 458 g/mol. The Morgan fingerprint density at radius 3 is 2.70 bits per heavy atom. The number of hydrogen-bond acceptors (Lipinski definition) is 5. The third kappa shape index (κ3) is 5.04. The summed E-state index contributed by atoms with van der Waals surface area (Å²) in [5.74, 6) is 0.446. The number of aromatic nitrogens is 1. The number of carbonyl (C=O) groups excluding carboxylic acids is 2. The van der Waals surface area contributed by atoms with Crippen molar-refractivity contribution in [2.75, 3.05) is 23.4 Å². The molecule has 1 saturated heterocycles. The Bertz CT molecular complexity index is 1270. The van der Waals surface area contributed by atoms with Crippen molar-refractivity contribution in [3.05, 3.63) is 83.4 Å². The number of thiazole rings is 1. The molecule has 1 fully saturated rings. The van der Waals surface area contributed by atoms with Crippen LogP contribution in [0.3, 0.4) is 0 Å². The first-order chi connectivity index (χ1) is 16.1. The summed E-state index contributed by atoms with van der Waals surface area (Å²) in [4.78, 5) is 30.7. The van der Waals surface area contributed by atoms with Crippen molar-refractivity contribution in [3.63, 3.8) is 0 Å². The summed E-state index contributed by atoms with van der Waals surface area (Å²) >= 11 is 1.70. The monoisotopic (exact) mass is 457 g/mol. The molecule has 0 bridgehead atoms. The molecule has 2 amide bonds. The van der Waals surface area contributed by atoms with Gasteiger partial charge in [-0.1, -0.05) is 30.3 Å². The first kappa shape index (κ1) is 21.2. The van der Waals surface area contributed by atoms with Crippen molar-refractivity contribution in [1.29, 1.82) is 0 Å². The Balaban J connectivity index is 1.15. The van der Waals surface area contributed by atoms with Crippen LogP contribution in [0.25, 0.3) is 10.2 Å². The molecule has 0 saturated carbocycles. The zero-order chi connectivity index (χ0) is 22.6. The number of anilines is 2. The highest BCUT2D eigenvalue weighted by Gasteiger charge is 2.21. The number of carbonyl (C=O) groups is 2. The molecule has 6 nitrogen and oxygen atoms in total. The van der Waals surface area contributed by atoms with Crippen LogP contribution < -0.4 is 15.0 Å². The van der Waals surface area contributed by atoms with Crippen molar-refractivity contribution < 1.29 is 14.3 Å². The lowest BCUT2D eigenvalue weighted by atomic mass is 10.1. The van der Waals surface area contributed by atoms with Gasteiger partial charge in [-0.05, 0) is 48.4 Å². The van der Waals surface area contributed by atoms with Gasteiger partial charge in [0.15, 0.2) is 6.61 Å². The van der Waals surface area contributed by atoms with E-state index in [0.717, 1.165) is 41.2 Å². The van der Waals surface area contributed by atoms with Crippen molar-refractivity contribution >= 4 is 44.7 Å². The highest BCUT2D eigenvalue weighted by Crippen LogP contribution is 2.26. The van der Waals surface area contributed by atoms with E-state index in [9.17, 15) is 9.59 Å². The summed E-state index contributed by atoms with van der Waals surface area (Å²) < 4.78 is 6.84. The number of hydrogen-bond donors (Lipinski definition) is 1. The van der Waals surface area contributed by atoms with Crippen LogP contribution in [-0.4, -0.2) is 29.9 Å². The number of ether oxygens (including phenoxy) is 1. The second-order valence-electron chi connectivity index (χ2n) is 7.93. The zero-order valence-corrected chi connectivity index (χ0v) is 18.8. The van der Waals surface area contributed by atoms with E-state index >= 15 is 0 Å². The Hall–Kier alpha value is -3.71. The molecule has 3 aromatic carbocycles. The summed E-state index contributed by atoms with van der Waals surface area (Å²) in [6.45, 7) is 0.614. The van der Waals surface area contributed by atoms with E-state index < -0.39 is 0 Å². The van der Waals surface area contributed by atoms with Crippen LogP contribution in [0, 0.1) is 0 Å². The third-order valence-electron chi connectivity index (χ3n) is 5.50. The third-order valence-corrected chi connectivity index (χ3v) is 6.54. The molecule has 7 heteroatoms. The van der Waals surface area contributed by atoms with Crippen molar-refractivity contribution in [2.45, 2.75) is 19.3 Å². The highest BCUT2D eigenvalue weighted by molar-refractivity contribution is 7.18. The second kappa shape index (κ2) is 9.42. The van der Waals surface area contributed by atoms with Gasteiger partial charge in [-0.3, -0.25) is 9.59 Å². The van der Waals surface area contributed by atoms with E-state index in [2.05, 4.69) is 16.4 Å². The minimum atomic E-state index is -0.239. The number of fused-ring (bicyclic) bond motifs is 1. The molecule has 1 aliphatic heterocycles. The summed E-state index contributed by atoms with van der Waals surface area (Å²) in [7, 11) is 0. The van der Waals surface area contributed by atoms with Crippen molar-refractivity contribution in [2.24, 2.45) is 0 Å². The average Bonchev–Trinajstić information content (AvgIpc) is 3.44. The molecular weight excluding hydrogens is 434 g/mol. The maximum absolute atomic E-state index is 12.3. The zero-order valence-electron chi connectivity index (χ0n) is 18.0. The predicted octanol–water partition coefficient (Wildman–Crippen LogP) is 5.03. The smallest absolute Gasteiger partial charge is 0.262 e. The second-order valence-corrected chi connectivity index (χ2v) is 9.05. The molecule has 0 aliphatic carbocycles. The Kier molecular flexibility index (Phi) is 6.04. The van der Waals surface area contributed by atoms with E-state index in [4.69, 9.17) is 4.74 Å². The number of nitrogens with one attached hydrogen (secondary N) is 1. The van der Waals surface area contributed by atoms with Gasteiger partial charge in [0.2, 0.25) is 5.91 Å².